The fraction of sp³-hybridized carbons (Fsp3) is 0.182. The number of benzene rings is 2. The van der Waals surface area contributed by atoms with Crippen molar-refractivity contribution < 1.29 is 14.4 Å². The quantitative estimate of drug-likeness (QED) is 0.104. The van der Waals surface area contributed by atoms with Gasteiger partial charge in [-0.3, -0.25) is 27.5 Å². The zero-order valence-corrected chi connectivity index (χ0v) is 26.6. The Balaban J connectivity index is 0.000000353. The average Bonchev–Trinajstić information content (AvgIpc) is 3.10. The van der Waals surface area contributed by atoms with E-state index in [1.807, 2.05) is 79.2 Å². The van der Waals surface area contributed by atoms with E-state index in [9.17, 15) is 14.4 Å². The molecular formula is C33H35IN6O3. The first-order valence-corrected chi connectivity index (χ1v) is 14.5. The van der Waals surface area contributed by atoms with Crippen molar-refractivity contribution in [3.8, 4) is 0 Å². The van der Waals surface area contributed by atoms with E-state index in [2.05, 4.69) is 16.6 Å². The number of hydrogen-bond acceptors (Lipinski definition) is 7. The van der Waals surface area contributed by atoms with Gasteiger partial charge in [-0.1, -0.05) is 67.6 Å². The van der Waals surface area contributed by atoms with E-state index in [-0.39, 0.29) is 18.2 Å². The number of nitrogens with zero attached hydrogens (tertiary/aromatic N) is 4. The van der Waals surface area contributed by atoms with Crippen LogP contribution in [-0.4, -0.2) is 45.9 Å². The number of aliphatic imine (C=N–C) groups is 1. The van der Waals surface area contributed by atoms with Gasteiger partial charge < -0.3 is 16.4 Å². The van der Waals surface area contributed by atoms with Gasteiger partial charge in [-0.25, -0.2) is 0 Å². The highest BCUT2D eigenvalue weighted by Crippen LogP contribution is 2.25. The third-order valence-electron chi connectivity index (χ3n) is 6.37. The van der Waals surface area contributed by atoms with Crippen LogP contribution in [-0.2, 0) is 9.59 Å². The van der Waals surface area contributed by atoms with Crippen molar-refractivity contribution >= 4 is 57.5 Å². The molecule has 10 heteroatoms. The molecule has 0 aliphatic carbocycles. The molecule has 0 saturated carbocycles. The molecular weight excluding hydrogens is 655 g/mol. The first-order chi connectivity index (χ1) is 20.6. The number of rotatable bonds is 8. The molecule has 4 N–H and O–H groups in total. The Labute approximate surface area is 266 Å². The van der Waals surface area contributed by atoms with Crippen LogP contribution in [0.25, 0.3) is 0 Å². The maximum absolute atomic E-state index is 13.2. The van der Waals surface area contributed by atoms with E-state index < -0.39 is 12.1 Å². The Kier molecular flexibility index (Phi) is 12.1. The lowest BCUT2D eigenvalue weighted by atomic mass is 10.0. The molecule has 0 spiro atoms. The molecule has 4 rings (SSSR count). The van der Waals surface area contributed by atoms with E-state index >= 15 is 0 Å². The van der Waals surface area contributed by atoms with Crippen LogP contribution in [0.15, 0.2) is 114 Å². The second-order valence-corrected chi connectivity index (χ2v) is 10.5. The third kappa shape index (κ3) is 8.79. The van der Waals surface area contributed by atoms with Crippen LogP contribution in [0.2, 0.25) is 0 Å². The highest BCUT2D eigenvalue weighted by atomic mass is 127. The van der Waals surface area contributed by atoms with Crippen LogP contribution in [0.1, 0.15) is 41.9 Å². The highest BCUT2D eigenvalue weighted by Gasteiger charge is 2.32. The fourth-order valence-corrected chi connectivity index (χ4v) is 4.52. The van der Waals surface area contributed by atoms with Crippen LogP contribution in [0, 0.1) is 6.92 Å². The molecule has 3 aromatic rings. The van der Waals surface area contributed by atoms with Gasteiger partial charge in [0.05, 0.1) is 46.5 Å². The summed E-state index contributed by atoms with van der Waals surface area (Å²) >= 11 is 1.94. The van der Waals surface area contributed by atoms with Gasteiger partial charge in [-0.15, -0.1) is 0 Å². The highest BCUT2D eigenvalue weighted by molar-refractivity contribution is 14.1. The number of anilines is 2. The molecule has 1 aromatic heterocycles. The maximum atomic E-state index is 13.2. The molecule has 1 aliphatic heterocycles. The van der Waals surface area contributed by atoms with E-state index in [0.29, 0.717) is 34.8 Å². The first kappa shape index (κ1) is 33.1. The largest absolute Gasteiger partial charge is 0.399 e. The monoisotopic (exact) mass is 690 g/mol. The lowest BCUT2D eigenvalue weighted by Gasteiger charge is -2.25. The topological polar surface area (TPSA) is 135 Å². The van der Waals surface area contributed by atoms with Crippen LogP contribution >= 0.6 is 22.9 Å². The van der Waals surface area contributed by atoms with Gasteiger partial charge in [-0.05, 0) is 49.8 Å². The number of nitrogens with two attached hydrogens (primary N) is 2. The zero-order chi connectivity index (χ0) is 31.5. The van der Waals surface area contributed by atoms with Gasteiger partial charge in [0.15, 0.2) is 11.9 Å². The van der Waals surface area contributed by atoms with E-state index in [4.69, 9.17) is 11.5 Å². The Bertz CT molecular complexity index is 1560. The normalized spacial score (nSPS) is 14.9. The SMILES string of the molecule is C=C/C=C\C1=C(CC)C(c2ccccn2)=N[C@@H](N)C(=O)N1CC(=O)c1ccc(C)cc1.CC(=O)N(I)c1cccc(N)c1. The summed E-state index contributed by atoms with van der Waals surface area (Å²) in [7, 11) is 0. The van der Waals surface area contributed by atoms with Gasteiger partial charge in [0.1, 0.15) is 0 Å². The Hall–Kier alpha value is -4.42. The third-order valence-corrected chi connectivity index (χ3v) is 7.61. The molecule has 9 nitrogen and oxygen atoms in total. The minimum absolute atomic E-state index is 0.0128. The summed E-state index contributed by atoms with van der Waals surface area (Å²) in [5.74, 6) is -0.635. The van der Waals surface area contributed by atoms with Gasteiger partial charge in [0, 0.05) is 35.6 Å². The predicted molar refractivity (Wildman–Crippen MR) is 181 cm³/mol. The van der Waals surface area contributed by atoms with Crippen molar-refractivity contribution in [2.45, 2.75) is 33.4 Å². The van der Waals surface area contributed by atoms with Crippen molar-refractivity contribution in [1.82, 2.24) is 9.88 Å². The van der Waals surface area contributed by atoms with Crippen molar-refractivity contribution in [3.05, 3.63) is 126 Å². The van der Waals surface area contributed by atoms with E-state index in [1.54, 1.807) is 48.7 Å². The minimum Gasteiger partial charge on any atom is -0.399 e. The summed E-state index contributed by atoms with van der Waals surface area (Å²) in [6, 6.07) is 20.0. The Morgan fingerprint density at radius 3 is 2.42 bits per heavy atom. The number of hydrogen-bond donors (Lipinski definition) is 2. The first-order valence-electron chi connectivity index (χ1n) is 13.6. The number of allylic oxidation sites excluding steroid dienone is 4. The molecule has 2 amide bonds. The number of halogens is 1. The standard InChI is InChI=1S/C25H26N4O2.C8H9IN2O/c1-4-6-10-21-19(5-2)23(20-9-7-8-15-27-20)28-24(26)25(31)29(21)16-22(30)18-13-11-17(3)12-14-18;1-6(12)11(9)8-4-2-3-7(10)5-8/h4,6-15,24H,1,5,16,26H2,2-3H3;2-5H,10H2,1H3/b10-6-;/t24-;/m1./s1. The molecule has 0 unspecified atom stereocenters. The second kappa shape index (κ2) is 15.7. The molecule has 0 bridgehead atoms. The van der Waals surface area contributed by atoms with Crippen LogP contribution < -0.4 is 14.6 Å². The zero-order valence-electron chi connectivity index (χ0n) is 24.4. The van der Waals surface area contributed by atoms with Gasteiger partial charge in [-0.2, -0.15) is 0 Å². The molecule has 1 aliphatic rings. The van der Waals surface area contributed by atoms with E-state index in [1.165, 1.54) is 14.9 Å². The number of amides is 2. The summed E-state index contributed by atoms with van der Waals surface area (Å²) in [4.78, 5) is 47.5. The number of ketones is 1. The van der Waals surface area contributed by atoms with Crippen molar-refractivity contribution in [2.24, 2.45) is 10.7 Å². The molecule has 1 atom stereocenters. The molecule has 222 valence electrons. The summed E-state index contributed by atoms with van der Waals surface area (Å²) in [6.45, 7) is 9.02. The molecule has 0 fully saturated rings. The minimum atomic E-state index is -1.14. The number of Topliss-reactive ketones (excluding diaryl/α,β-unsaturated/α-hetero) is 1. The number of nitrogen functional groups attached to an aromatic ring is 1. The van der Waals surface area contributed by atoms with Crippen molar-refractivity contribution in [1.29, 1.82) is 0 Å². The lowest BCUT2D eigenvalue weighted by molar-refractivity contribution is -0.129. The molecule has 43 heavy (non-hydrogen) atoms. The van der Waals surface area contributed by atoms with Gasteiger partial charge in [0.2, 0.25) is 5.91 Å². The number of carbonyl (C=O) groups excluding carboxylic acids is 3. The van der Waals surface area contributed by atoms with Crippen LogP contribution in [0.3, 0.4) is 0 Å². The van der Waals surface area contributed by atoms with Crippen LogP contribution in [0.4, 0.5) is 11.4 Å². The molecule has 2 aromatic carbocycles. The lowest BCUT2D eigenvalue weighted by Crippen LogP contribution is -2.43. The van der Waals surface area contributed by atoms with Crippen molar-refractivity contribution in [2.75, 3.05) is 15.4 Å². The van der Waals surface area contributed by atoms with E-state index in [0.717, 1.165) is 16.8 Å². The smallest absolute Gasteiger partial charge is 0.266 e. The predicted octanol–water partition coefficient (Wildman–Crippen LogP) is 5.57. The molecule has 0 radical (unpaired) electrons. The Morgan fingerprint density at radius 1 is 1.12 bits per heavy atom. The number of aryl methyl sites for hydroxylation is 1. The number of carbonyl (C=O) groups is 3. The second-order valence-electron chi connectivity index (χ2n) is 9.56. The van der Waals surface area contributed by atoms with Crippen LogP contribution in [0.5, 0.6) is 0 Å². The summed E-state index contributed by atoms with van der Waals surface area (Å²) in [5.41, 5.74) is 17.3. The molecule has 2 heterocycles. The number of aromatic nitrogens is 1. The fourth-order valence-electron chi connectivity index (χ4n) is 4.22. The average molecular weight is 691 g/mol. The summed E-state index contributed by atoms with van der Waals surface area (Å²) < 4.78 is 1.52. The Morgan fingerprint density at radius 2 is 1.84 bits per heavy atom. The van der Waals surface area contributed by atoms with Gasteiger partial charge in [0.25, 0.3) is 5.91 Å². The van der Waals surface area contributed by atoms with Gasteiger partial charge >= 0.3 is 0 Å². The summed E-state index contributed by atoms with van der Waals surface area (Å²) in [5, 5.41) is 0. The maximum Gasteiger partial charge on any atom is 0.266 e. The molecule has 0 saturated heterocycles. The summed E-state index contributed by atoms with van der Waals surface area (Å²) in [6.07, 6.45) is 6.21. The van der Waals surface area contributed by atoms with Crippen molar-refractivity contribution in [3.63, 3.8) is 0 Å². The number of pyridine rings is 1.